The van der Waals surface area contributed by atoms with Crippen LogP contribution in [-0.4, -0.2) is 54.0 Å². The highest BCUT2D eigenvalue weighted by atomic mass is 79.9. The zero-order chi connectivity index (χ0) is 59.6. The molecule has 0 radical (unpaired) electrons. The number of nitrogens with zero attached hydrogens (tertiary/aromatic N) is 10. The Labute approximate surface area is 528 Å². The van der Waals surface area contributed by atoms with Gasteiger partial charge in [0.2, 0.25) is 0 Å². The number of aromatic amines is 1. The molecule has 0 atom stereocenters. The monoisotopic (exact) mass is 1270 g/mol. The molecule has 6 aromatic carbocycles. The molecule has 0 aliphatic heterocycles. The van der Waals surface area contributed by atoms with Crippen molar-refractivity contribution in [2.45, 2.75) is 0 Å². The summed E-state index contributed by atoms with van der Waals surface area (Å²) in [7, 11) is 0. The lowest BCUT2D eigenvalue weighted by Crippen LogP contribution is -2.00. The zero-order valence-corrected chi connectivity index (χ0v) is 50.6. The molecular weight excluding hydrogens is 1230 g/mol. The summed E-state index contributed by atoms with van der Waals surface area (Å²) in [6, 6.07) is 79.5. The molecule has 0 spiro atoms. The lowest BCUT2D eigenvalue weighted by Gasteiger charge is -2.13. The first-order valence-corrected chi connectivity index (χ1v) is 30.5. The molecule has 0 fully saturated rings. The summed E-state index contributed by atoms with van der Waals surface area (Å²) in [5.41, 5.74) is 24.0. The van der Waals surface area contributed by atoms with E-state index < -0.39 is 0 Å². The van der Waals surface area contributed by atoms with E-state index in [1.165, 1.54) is 11.1 Å². The van der Waals surface area contributed by atoms with Gasteiger partial charge in [-0.1, -0.05) is 109 Å². The van der Waals surface area contributed by atoms with E-state index in [1.807, 2.05) is 116 Å². The molecule has 0 aliphatic rings. The van der Waals surface area contributed by atoms with Crippen molar-refractivity contribution in [3.63, 3.8) is 0 Å². The Morgan fingerprint density at radius 3 is 1.11 bits per heavy atom. The van der Waals surface area contributed by atoms with Crippen LogP contribution in [0.25, 0.3) is 144 Å². The number of pyridine rings is 8. The van der Waals surface area contributed by atoms with Gasteiger partial charge in [-0.15, -0.1) is 0 Å². The average Bonchev–Trinajstić information content (AvgIpc) is 1.88. The molecule has 89 heavy (non-hydrogen) atoms. The van der Waals surface area contributed by atoms with Gasteiger partial charge < -0.3 is 14.1 Å². The molecule has 17 aromatic rings. The van der Waals surface area contributed by atoms with Gasteiger partial charge in [0.1, 0.15) is 0 Å². The van der Waals surface area contributed by atoms with Crippen molar-refractivity contribution in [2.24, 2.45) is 0 Å². The van der Waals surface area contributed by atoms with Crippen LogP contribution in [0.2, 0.25) is 0 Å². The predicted octanol–water partition coefficient (Wildman–Crippen LogP) is 19.6. The molecule has 11 aromatic heterocycles. The van der Waals surface area contributed by atoms with E-state index in [0.29, 0.717) is 0 Å². The number of rotatable bonds is 8. The highest BCUT2D eigenvalue weighted by Gasteiger charge is 2.20. The molecule has 0 unspecified atom stereocenters. The van der Waals surface area contributed by atoms with Gasteiger partial charge in [-0.05, 0) is 187 Å². The third-order valence-corrected chi connectivity index (χ3v) is 16.7. The summed E-state index contributed by atoms with van der Waals surface area (Å²) >= 11 is 6.54. The molecule has 11 heterocycles. The highest BCUT2D eigenvalue weighted by Crippen LogP contribution is 2.41. The molecule has 11 nitrogen and oxygen atoms in total. The molecule has 0 saturated carbocycles. The molecule has 0 bridgehead atoms. The summed E-state index contributed by atoms with van der Waals surface area (Å²) in [4.78, 5) is 40.4. The average molecular weight is 1280 g/mol. The van der Waals surface area contributed by atoms with E-state index in [2.05, 4.69) is 235 Å². The summed E-state index contributed by atoms with van der Waals surface area (Å²) in [5.74, 6) is 0. The van der Waals surface area contributed by atoms with E-state index >= 15 is 0 Å². The number of nitrogens with one attached hydrogen (secondary N) is 1. The summed E-state index contributed by atoms with van der Waals surface area (Å²) in [6.07, 6.45) is 18.4. The fourth-order valence-electron chi connectivity index (χ4n) is 11.9. The lowest BCUT2D eigenvalue weighted by atomic mass is 9.96. The zero-order valence-electron chi connectivity index (χ0n) is 47.4. The van der Waals surface area contributed by atoms with Crippen molar-refractivity contribution in [1.82, 2.24) is 54.0 Å². The minimum Gasteiger partial charge on any atom is -0.353 e. The lowest BCUT2D eigenvalue weighted by molar-refractivity contribution is 1.09. The van der Waals surface area contributed by atoms with Crippen LogP contribution >= 0.6 is 31.9 Å². The Balaban J connectivity index is 0.000000164. The minimum atomic E-state index is 0.935. The molecular formula is C76H49Br2N11. The Kier molecular flexibility index (Phi) is 14.7. The number of H-pyrrole nitrogens is 1. The van der Waals surface area contributed by atoms with E-state index in [1.54, 1.807) is 12.4 Å². The molecule has 0 saturated heterocycles. The van der Waals surface area contributed by atoms with Crippen LogP contribution in [0.15, 0.2) is 301 Å². The van der Waals surface area contributed by atoms with Crippen LogP contribution < -0.4 is 0 Å². The first kappa shape index (κ1) is 54.5. The predicted molar refractivity (Wildman–Crippen MR) is 368 cm³/mol. The van der Waals surface area contributed by atoms with Crippen molar-refractivity contribution < 1.29 is 0 Å². The first-order chi connectivity index (χ1) is 44.0. The smallest absolute Gasteiger partial charge is 0.0963 e. The number of fused-ring (bicyclic) bond motifs is 9. The van der Waals surface area contributed by atoms with E-state index in [9.17, 15) is 0 Å². The van der Waals surface area contributed by atoms with Gasteiger partial charge in [0.15, 0.2) is 0 Å². The van der Waals surface area contributed by atoms with Crippen LogP contribution in [-0.2, 0) is 0 Å². The summed E-state index contributed by atoms with van der Waals surface area (Å²) in [5, 5.41) is 3.28. The molecule has 17 rings (SSSR count). The normalized spacial score (nSPS) is 11.3. The Bertz CT molecular complexity index is 5200. The molecule has 0 aliphatic carbocycles. The van der Waals surface area contributed by atoms with Crippen molar-refractivity contribution in [3.8, 4) is 78.5 Å². The van der Waals surface area contributed by atoms with Crippen molar-refractivity contribution in [3.05, 3.63) is 301 Å². The SMILES string of the molecule is Brc1cncc(Br)c1.c1ccc(-c2ccccc2-c2ccc3[nH]c4cccnc4c3c2)nc1.c1ccc(-c2ccccc2-c2ccc3c(c2)c2ncccc2n3-c2cncc(-n3c4ccc(-c5ccccc5-c5ccccn5)cc4c4ncccc43)c2)nc1. The van der Waals surface area contributed by atoms with Crippen LogP contribution in [0.4, 0.5) is 0 Å². The standard InChI is InChI=1S/C49H31N7.C22H15N3.C5H3Br2N/c1-3-13-38(42-15-5-7-23-51-42)36(11-1)32-19-21-44-40(27-32)48-46(17-9-25-53-48)55(44)34-29-35(31-50-30-34)56-45-22-20-33(28-41(45)49-47(56)18-10-26-54-49)37-12-2-4-14-39(37)43-16-6-8-24-52-43;1-2-7-17(19-8-3-4-12-23-19)16(6-1)15-10-11-20-18(14-15)22-21(25-20)9-5-13-24-22;6-4-1-5(7)3-8-2-4/h1-31H;1-14,25H;1-3H. The molecule has 13 heteroatoms. The van der Waals surface area contributed by atoms with Gasteiger partial charge in [0.05, 0.1) is 85.0 Å². The largest absolute Gasteiger partial charge is 0.353 e. The van der Waals surface area contributed by atoms with Gasteiger partial charge in [-0.25, -0.2) is 0 Å². The Morgan fingerprint density at radius 1 is 0.281 bits per heavy atom. The third kappa shape index (κ3) is 10.6. The van der Waals surface area contributed by atoms with E-state index in [0.717, 1.165) is 142 Å². The summed E-state index contributed by atoms with van der Waals surface area (Å²) in [6.45, 7) is 0. The molecule has 422 valence electrons. The second-order valence-electron chi connectivity index (χ2n) is 21.2. The summed E-state index contributed by atoms with van der Waals surface area (Å²) < 4.78 is 6.52. The third-order valence-electron chi connectivity index (χ3n) is 15.8. The van der Waals surface area contributed by atoms with Crippen molar-refractivity contribution in [1.29, 1.82) is 0 Å². The van der Waals surface area contributed by atoms with Gasteiger partial charge in [0, 0.05) is 96.9 Å². The van der Waals surface area contributed by atoms with Gasteiger partial charge in [-0.2, -0.15) is 0 Å². The number of hydrogen-bond acceptors (Lipinski definition) is 8. The molecule has 0 amide bonds. The van der Waals surface area contributed by atoms with Gasteiger partial charge >= 0.3 is 0 Å². The molecule has 1 N–H and O–H groups in total. The minimum absolute atomic E-state index is 0.935. The fraction of sp³-hybridized carbons (Fsp3) is 0. The quantitative estimate of drug-likeness (QED) is 0.159. The fourth-order valence-corrected chi connectivity index (χ4v) is 13.0. The van der Waals surface area contributed by atoms with Crippen LogP contribution in [0.1, 0.15) is 0 Å². The Morgan fingerprint density at radius 2 is 0.674 bits per heavy atom. The van der Waals surface area contributed by atoms with E-state index in [-0.39, 0.29) is 0 Å². The van der Waals surface area contributed by atoms with Crippen LogP contribution in [0.3, 0.4) is 0 Å². The van der Waals surface area contributed by atoms with Crippen molar-refractivity contribution >= 4 is 97.7 Å². The van der Waals surface area contributed by atoms with Gasteiger partial charge in [-0.3, -0.25) is 39.9 Å². The maximum atomic E-state index is 4.91. The number of aromatic nitrogens is 11. The second-order valence-corrected chi connectivity index (χ2v) is 23.0. The number of benzene rings is 6. The van der Waals surface area contributed by atoms with E-state index in [4.69, 9.17) is 15.0 Å². The number of halogens is 2. The maximum absolute atomic E-state index is 4.91. The van der Waals surface area contributed by atoms with Crippen LogP contribution in [0.5, 0.6) is 0 Å². The highest BCUT2D eigenvalue weighted by molar-refractivity contribution is 9.11. The second kappa shape index (κ2) is 24.0. The Hall–Kier alpha value is -11.1. The van der Waals surface area contributed by atoms with Crippen LogP contribution in [0, 0.1) is 0 Å². The maximum Gasteiger partial charge on any atom is 0.0963 e. The van der Waals surface area contributed by atoms with Gasteiger partial charge in [0.25, 0.3) is 0 Å². The van der Waals surface area contributed by atoms with Crippen molar-refractivity contribution in [2.75, 3.05) is 0 Å². The number of hydrogen-bond donors (Lipinski definition) is 1. The first-order valence-electron chi connectivity index (χ1n) is 28.9. The topological polar surface area (TPSA) is 129 Å².